The number of benzene rings is 2. The number of nitrogens with one attached hydrogen (secondary N) is 2. The van der Waals surface area contributed by atoms with Gasteiger partial charge in [-0.1, -0.05) is 12.1 Å². The molecule has 0 radical (unpaired) electrons. The van der Waals surface area contributed by atoms with Crippen molar-refractivity contribution in [1.29, 1.82) is 5.26 Å². The number of anilines is 1. The Balaban J connectivity index is 2.06. The molecule has 122 valence electrons. The first-order valence-electron chi connectivity index (χ1n) is 7.28. The molecule has 0 aliphatic carbocycles. The molecule has 0 bridgehead atoms. The number of rotatable bonds is 6. The lowest BCUT2D eigenvalue weighted by atomic mass is 10.1. The van der Waals surface area contributed by atoms with Gasteiger partial charge < -0.3 is 10.6 Å². The van der Waals surface area contributed by atoms with Crippen molar-refractivity contribution in [3.8, 4) is 6.07 Å². The van der Waals surface area contributed by atoms with Crippen LogP contribution >= 0.6 is 0 Å². The van der Waals surface area contributed by atoms with Crippen LogP contribution in [-0.4, -0.2) is 24.4 Å². The average molecular weight is 324 g/mol. The summed E-state index contributed by atoms with van der Waals surface area (Å²) in [7, 11) is 1.57. The molecule has 0 heterocycles. The quantitative estimate of drug-likeness (QED) is 0.627. The molecule has 0 saturated heterocycles. The lowest BCUT2D eigenvalue weighted by Gasteiger charge is -2.08. The van der Waals surface area contributed by atoms with Crippen molar-refractivity contribution >= 4 is 17.3 Å². The maximum absolute atomic E-state index is 11.6. The summed E-state index contributed by atoms with van der Waals surface area (Å²) in [6, 6.07) is 13.4. The van der Waals surface area contributed by atoms with Crippen molar-refractivity contribution in [1.82, 2.24) is 5.32 Å². The standard InChI is InChI=1S/C17H16N4O3/c1-19-17(22)14-4-2-3-12(9-14)7-8-20-15-6-5-13(11-18)10-16(15)21(23)24/h2-6,9-10,20H,7-8H2,1H3,(H,19,22). The molecule has 2 rings (SSSR count). The van der Waals surface area contributed by atoms with Gasteiger partial charge in [-0.15, -0.1) is 0 Å². The van der Waals surface area contributed by atoms with Crippen molar-refractivity contribution in [2.75, 3.05) is 18.9 Å². The van der Waals surface area contributed by atoms with E-state index in [1.54, 1.807) is 25.2 Å². The van der Waals surface area contributed by atoms with Gasteiger partial charge in [-0.3, -0.25) is 14.9 Å². The van der Waals surface area contributed by atoms with Gasteiger partial charge in [0.25, 0.3) is 11.6 Å². The van der Waals surface area contributed by atoms with Gasteiger partial charge in [0, 0.05) is 25.2 Å². The van der Waals surface area contributed by atoms with Gasteiger partial charge in [0.15, 0.2) is 0 Å². The van der Waals surface area contributed by atoms with Gasteiger partial charge in [-0.25, -0.2) is 0 Å². The third kappa shape index (κ3) is 4.08. The predicted molar refractivity (Wildman–Crippen MR) is 89.8 cm³/mol. The second-order valence-corrected chi connectivity index (χ2v) is 5.06. The van der Waals surface area contributed by atoms with Gasteiger partial charge >= 0.3 is 0 Å². The molecule has 2 N–H and O–H groups in total. The summed E-state index contributed by atoms with van der Waals surface area (Å²) in [5.41, 5.74) is 1.99. The molecule has 2 aromatic rings. The van der Waals surface area contributed by atoms with E-state index in [9.17, 15) is 14.9 Å². The molecule has 0 aliphatic rings. The summed E-state index contributed by atoms with van der Waals surface area (Å²) in [6.45, 7) is 0.462. The number of amides is 1. The SMILES string of the molecule is CNC(=O)c1cccc(CCNc2ccc(C#N)cc2[N+](=O)[O-])c1. The highest BCUT2D eigenvalue weighted by Gasteiger charge is 2.14. The highest BCUT2D eigenvalue weighted by molar-refractivity contribution is 5.94. The Hall–Kier alpha value is -3.40. The van der Waals surface area contributed by atoms with Crippen LogP contribution in [0.4, 0.5) is 11.4 Å². The number of nitriles is 1. The summed E-state index contributed by atoms with van der Waals surface area (Å²) >= 11 is 0. The van der Waals surface area contributed by atoms with Gasteiger partial charge in [0.1, 0.15) is 5.69 Å². The van der Waals surface area contributed by atoms with Crippen LogP contribution in [0.3, 0.4) is 0 Å². The van der Waals surface area contributed by atoms with Crippen molar-refractivity contribution in [3.63, 3.8) is 0 Å². The predicted octanol–water partition coefficient (Wildman–Crippen LogP) is 2.48. The van der Waals surface area contributed by atoms with Crippen LogP contribution in [0, 0.1) is 21.4 Å². The number of hydrogen-bond acceptors (Lipinski definition) is 5. The first kappa shape index (κ1) is 17.0. The average Bonchev–Trinajstić information content (AvgIpc) is 2.61. The second kappa shape index (κ2) is 7.74. The zero-order valence-corrected chi connectivity index (χ0v) is 13.1. The van der Waals surface area contributed by atoms with Gasteiger partial charge in [0.05, 0.1) is 16.6 Å². The highest BCUT2D eigenvalue weighted by Crippen LogP contribution is 2.25. The minimum absolute atomic E-state index is 0.131. The minimum Gasteiger partial charge on any atom is -0.379 e. The molecule has 2 aromatic carbocycles. The van der Waals surface area contributed by atoms with E-state index in [-0.39, 0.29) is 17.2 Å². The molecule has 1 amide bonds. The zero-order valence-electron chi connectivity index (χ0n) is 13.1. The lowest BCUT2D eigenvalue weighted by Crippen LogP contribution is -2.18. The van der Waals surface area contributed by atoms with Crippen LogP contribution in [-0.2, 0) is 6.42 Å². The Bertz CT molecular complexity index is 812. The molecule has 0 fully saturated rings. The number of nitrogens with zero attached hydrogens (tertiary/aromatic N) is 2. The van der Waals surface area contributed by atoms with Crippen molar-refractivity contribution in [2.45, 2.75) is 6.42 Å². The molecule has 0 unspecified atom stereocenters. The van der Waals surface area contributed by atoms with Crippen LogP contribution in [0.1, 0.15) is 21.5 Å². The number of carbonyl (C=O) groups is 1. The maximum Gasteiger partial charge on any atom is 0.293 e. The van der Waals surface area contributed by atoms with E-state index in [1.807, 2.05) is 12.1 Å². The first-order chi connectivity index (χ1) is 11.5. The number of hydrogen-bond donors (Lipinski definition) is 2. The Labute approximate surface area is 139 Å². The largest absolute Gasteiger partial charge is 0.379 e. The number of nitro benzene ring substituents is 1. The van der Waals surface area contributed by atoms with E-state index in [1.165, 1.54) is 18.2 Å². The molecule has 0 spiro atoms. The fourth-order valence-corrected chi connectivity index (χ4v) is 2.26. The Morgan fingerprint density at radius 2 is 2.08 bits per heavy atom. The molecule has 7 nitrogen and oxygen atoms in total. The molecule has 0 atom stereocenters. The molecular formula is C17H16N4O3. The first-order valence-corrected chi connectivity index (χ1v) is 7.28. The summed E-state index contributed by atoms with van der Waals surface area (Å²) in [4.78, 5) is 22.2. The molecule has 0 saturated carbocycles. The summed E-state index contributed by atoms with van der Waals surface area (Å²) in [5.74, 6) is -0.160. The summed E-state index contributed by atoms with van der Waals surface area (Å²) < 4.78 is 0. The third-order valence-corrected chi connectivity index (χ3v) is 3.47. The smallest absolute Gasteiger partial charge is 0.293 e. The minimum atomic E-state index is -0.518. The van der Waals surface area contributed by atoms with Gasteiger partial charge in [-0.2, -0.15) is 5.26 Å². The Kier molecular flexibility index (Phi) is 5.47. The van der Waals surface area contributed by atoms with E-state index >= 15 is 0 Å². The van der Waals surface area contributed by atoms with E-state index in [0.29, 0.717) is 24.2 Å². The second-order valence-electron chi connectivity index (χ2n) is 5.06. The fraction of sp³-hybridized carbons (Fsp3) is 0.176. The zero-order chi connectivity index (χ0) is 17.5. The van der Waals surface area contributed by atoms with Crippen LogP contribution in [0.5, 0.6) is 0 Å². The van der Waals surface area contributed by atoms with Crippen LogP contribution in [0.2, 0.25) is 0 Å². The van der Waals surface area contributed by atoms with Crippen LogP contribution in [0.15, 0.2) is 42.5 Å². The molecule has 24 heavy (non-hydrogen) atoms. The van der Waals surface area contributed by atoms with Gasteiger partial charge in [0.2, 0.25) is 0 Å². The molecule has 7 heteroatoms. The van der Waals surface area contributed by atoms with E-state index in [2.05, 4.69) is 10.6 Å². The topological polar surface area (TPSA) is 108 Å². The van der Waals surface area contributed by atoms with Crippen molar-refractivity contribution in [3.05, 3.63) is 69.3 Å². The number of nitro groups is 1. The molecular weight excluding hydrogens is 308 g/mol. The van der Waals surface area contributed by atoms with Crippen LogP contribution < -0.4 is 10.6 Å². The molecule has 0 aliphatic heterocycles. The fourth-order valence-electron chi connectivity index (χ4n) is 2.26. The third-order valence-electron chi connectivity index (χ3n) is 3.47. The monoisotopic (exact) mass is 324 g/mol. The summed E-state index contributed by atoms with van der Waals surface area (Å²) in [5, 5.41) is 25.5. The van der Waals surface area contributed by atoms with E-state index in [0.717, 1.165) is 5.56 Å². The highest BCUT2D eigenvalue weighted by atomic mass is 16.6. The van der Waals surface area contributed by atoms with Crippen molar-refractivity contribution in [2.24, 2.45) is 0 Å². The Morgan fingerprint density at radius 3 is 2.75 bits per heavy atom. The van der Waals surface area contributed by atoms with E-state index < -0.39 is 4.92 Å². The van der Waals surface area contributed by atoms with Crippen molar-refractivity contribution < 1.29 is 9.72 Å². The normalized spacial score (nSPS) is 9.83. The Morgan fingerprint density at radius 1 is 1.29 bits per heavy atom. The van der Waals surface area contributed by atoms with Crippen LogP contribution in [0.25, 0.3) is 0 Å². The summed E-state index contributed by atoms with van der Waals surface area (Å²) in [6.07, 6.45) is 0.599. The van der Waals surface area contributed by atoms with Gasteiger partial charge in [-0.05, 0) is 36.2 Å². The van der Waals surface area contributed by atoms with E-state index in [4.69, 9.17) is 5.26 Å². The lowest BCUT2D eigenvalue weighted by molar-refractivity contribution is -0.384. The number of carbonyl (C=O) groups excluding carboxylic acids is 1. The maximum atomic E-state index is 11.6. The molecule has 0 aromatic heterocycles.